The topological polar surface area (TPSA) is 55.1 Å². The van der Waals surface area contributed by atoms with Gasteiger partial charge in [0.05, 0.1) is 6.04 Å². The summed E-state index contributed by atoms with van der Waals surface area (Å²) in [5.41, 5.74) is 9.67. The van der Waals surface area contributed by atoms with Gasteiger partial charge in [0, 0.05) is 6.04 Å². The fraction of sp³-hybridized carbons (Fsp3) is 0.588. The summed E-state index contributed by atoms with van der Waals surface area (Å²) in [4.78, 5) is 12.0. The zero-order valence-corrected chi connectivity index (χ0v) is 13.4. The molecule has 0 saturated carbocycles. The molecule has 0 fully saturated rings. The molecule has 0 aliphatic heterocycles. The fourth-order valence-electron chi connectivity index (χ4n) is 2.56. The molecular formula is C17H28N2O. The van der Waals surface area contributed by atoms with Crippen molar-refractivity contribution in [1.29, 1.82) is 0 Å². The average Bonchev–Trinajstić information content (AvgIpc) is 2.25. The Morgan fingerprint density at radius 1 is 1.15 bits per heavy atom. The molecule has 0 aromatic heterocycles. The van der Waals surface area contributed by atoms with E-state index >= 15 is 0 Å². The first-order chi connectivity index (χ1) is 9.27. The number of aryl methyl sites for hydroxylation is 2. The molecule has 20 heavy (non-hydrogen) atoms. The van der Waals surface area contributed by atoms with Crippen LogP contribution in [0, 0.1) is 19.8 Å². The summed E-state index contributed by atoms with van der Waals surface area (Å²) in [5, 5.41) is 3.01. The highest BCUT2D eigenvalue weighted by Crippen LogP contribution is 2.11. The van der Waals surface area contributed by atoms with Crippen LogP contribution < -0.4 is 11.1 Å². The second-order valence-corrected chi connectivity index (χ2v) is 6.35. The van der Waals surface area contributed by atoms with E-state index in [1.807, 2.05) is 6.92 Å². The molecule has 2 atom stereocenters. The lowest BCUT2D eigenvalue weighted by Gasteiger charge is -2.19. The predicted octanol–water partition coefficient (Wildman–Crippen LogP) is 2.72. The number of rotatable bonds is 6. The SMILES string of the molecule is Cc1cc(C)cc(CC(C)NC(=O)[C@@H](N)CC(C)C)c1. The normalized spacial score (nSPS) is 14.2. The van der Waals surface area contributed by atoms with Gasteiger partial charge in [-0.25, -0.2) is 0 Å². The number of hydrogen-bond donors (Lipinski definition) is 2. The number of carbonyl (C=O) groups excluding carboxylic acids is 1. The Bertz CT molecular complexity index is 434. The standard InChI is InChI=1S/C17H28N2O/c1-11(2)6-16(18)17(20)19-14(5)10-15-8-12(3)7-13(4)9-15/h7-9,11,14,16H,6,10,18H2,1-5H3,(H,19,20)/t14?,16-/m0/s1. The second-order valence-electron chi connectivity index (χ2n) is 6.35. The highest BCUT2D eigenvalue weighted by molar-refractivity contribution is 5.81. The Kier molecular flexibility index (Phi) is 6.21. The summed E-state index contributed by atoms with van der Waals surface area (Å²) in [6, 6.07) is 6.19. The van der Waals surface area contributed by atoms with Gasteiger partial charge < -0.3 is 11.1 Å². The molecule has 1 rings (SSSR count). The fourth-order valence-corrected chi connectivity index (χ4v) is 2.56. The van der Waals surface area contributed by atoms with Gasteiger partial charge in [-0.1, -0.05) is 43.2 Å². The van der Waals surface area contributed by atoms with Crippen molar-refractivity contribution in [2.45, 2.75) is 59.5 Å². The molecule has 1 aromatic carbocycles. The molecular weight excluding hydrogens is 248 g/mol. The molecule has 1 amide bonds. The van der Waals surface area contributed by atoms with Gasteiger partial charge in [-0.3, -0.25) is 4.79 Å². The van der Waals surface area contributed by atoms with Crippen LogP contribution in [0.1, 0.15) is 43.9 Å². The van der Waals surface area contributed by atoms with E-state index in [2.05, 4.69) is 51.2 Å². The Hall–Kier alpha value is -1.35. The van der Waals surface area contributed by atoms with Gasteiger partial charge in [-0.15, -0.1) is 0 Å². The van der Waals surface area contributed by atoms with Gasteiger partial charge in [0.15, 0.2) is 0 Å². The van der Waals surface area contributed by atoms with Crippen molar-refractivity contribution in [3.63, 3.8) is 0 Å². The van der Waals surface area contributed by atoms with Crippen LogP contribution in [0.3, 0.4) is 0 Å². The van der Waals surface area contributed by atoms with Crippen molar-refractivity contribution >= 4 is 5.91 Å². The Labute approximate surface area is 122 Å². The molecule has 0 bridgehead atoms. The summed E-state index contributed by atoms with van der Waals surface area (Å²) in [7, 11) is 0. The molecule has 0 aliphatic carbocycles. The molecule has 0 radical (unpaired) electrons. The lowest BCUT2D eigenvalue weighted by Crippen LogP contribution is -2.45. The summed E-state index contributed by atoms with van der Waals surface area (Å²) in [5.74, 6) is 0.390. The van der Waals surface area contributed by atoms with Gasteiger partial charge in [-0.2, -0.15) is 0 Å². The predicted molar refractivity (Wildman–Crippen MR) is 84.7 cm³/mol. The van der Waals surface area contributed by atoms with E-state index in [9.17, 15) is 4.79 Å². The third kappa shape index (κ3) is 5.74. The van der Waals surface area contributed by atoms with Crippen molar-refractivity contribution in [3.05, 3.63) is 34.9 Å². The zero-order chi connectivity index (χ0) is 15.3. The van der Waals surface area contributed by atoms with Crippen LogP contribution in [0.25, 0.3) is 0 Å². The van der Waals surface area contributed by atoms with Gasteiger partial charge in [0.2, 0.25) is 5.91 Å². The Morgan fingerprint density at radius 3 is 2.20 bits per heavy atom. The largest absolute Gasteiger partial charge is 0.352 e. The highest BCUT2D eigenvalue weighted by Gasteiger charge is 2.17. The molecule has 112 valence electrons. The molecule has 0 spiro atoms. The number of amides is 1. The molecule has 3 nitrogen and oxygen atoms in total. The smallest absolute Gasteiger partial charge is 0.237 e. The monoisotopic (exact) mass is 276 g/mol. The van der Waals surface area contributed by atoms with E-state index in [0.29, 0.717) is 5.92 Å². The van der Waals surface area contributed by atoms with Gasteiger partial charge in [0.25, 0.3) is 0 Å². The zero-order valence-electron chi connectivity index (χ0n) is 13.4. The van der Waals surface area contributed by atoms with Crippen LogP contribution in [0.15, 0.2) is 18.2 Å². The number of benzene rings is 1. The molecule has 1 aromatic rings. The van der Waals surface area contributed by atoms with Gasteiger partial charge in [0.1, 0.15) is 0 Å². The first-order valence-corrected chi connectivity index (χ1v) is 7.41. The van der Waals surface area contributed by atoms with E-state index in [-0.39, 0.29) is 11.9 Å². The first kappa shape index (κ1) is 16.7. The van der Waals surface area contributed by atoms with Gasteiger partial charge >= 0.3 is 0 Å². The van der Waals surface area contributed by atoms with E-state index in [1.165, 1.54) is 16.7 Å². The summed E-state index contributed by atoms with van der Waals surface area (Å²) in [6.07, 6.45) is 1.56. The minimum absolute atomic E-state index is 0.0458. The van der Waals surface area contributed by atoms with Crippen LogP contribution in [-0.4, -0.2) is 18.0 Å². The van der Waals surface area contributed by atoms with Crippen molar-refractivity contribution in [2.24, 2.45) is 11.7 Å². The summed E-state index contributed by atoms with van der Waals surface area (Å²) < 4.78 is 0. The second kappa shape index (κ2) is 7.44. The molecule has 1 unspecified atom stereocenters. The maximum Gasteiger partial charge on any atom is 0.237 e. The molecule has 0 aliphatic rings. The first-order valence-electron chi connectivity index (χ1n) is 7.41. The van der Waals surface area contributed by atoms with E-state index in [4.69, 9.17) is 5.73 Å². The van der Waals surface area contributed by atoms with E-state index < -0.39 is 6.04 Å². The summed E-state index contributed by atoms with van der Waals surface area (Å²) in [6.45, 7) is 10.4. The minimum atomic E-state index is -0.406. The number of nitrogens with one attached hydrogen (secondary N) is 1. The van der Waals surface area contributed by atoms with Crippen molar-refractivity contribution in [2.75, 3.05) is 0 Å². The number of carbonyl (C=O) groups is 1. The van der Waals surface area contributed by atoms with Crippen LogP contribution >= 0.6 is 0 Å². The Morgan fingerprint density at radius 2 is 1.70 bits per heavy atom. The number of nitrogens with two attached hydrogens (primary N) is 1. The van der Waals surface area contributed by atoms with Crippen molar-refractivity contribution < 1.29 is 4.79 Å². The summed E-state index contributed by atoms with van der Waals surface area (Å²) >= 11 is 0. The average molecular weight is 276 g/mol. The molecule has 3 N–H and O–H groups in total. The quantitative estimate of drug-likeness (QED) is 0.839. The van der Waals surface area contributed by atoms with Gasteiger partial charge in [-0.05, 0) is 45.1 Å². The third-order valence-electron chi connectivity index (χ3n) is 3.27. The van der Waals surface area contributed by atoms with Crippen LogP contribution in [-0.2, 0) is 11.2 Å². The maximum absolute atomic E-state index is 12.0. The Balaban J connectivity index is 2.54. The van der Waals surface area contributed by atoms with Crippen LogP contribution in [0.4, 0.5) is 0 Å². The minimum Gasteiger partial charge on any atom is -0.352 e. The molecule has 0 heterocycles. The maximum atomic E-state index is 12.0. The van der Waals surface area contributed by atoms with E-state index in [1.54, 1.807) is 0 Å². The third-order valence-corrected chi connectivity index (χ3v) is 3.27. The van der Waals surface area contributed by atoms with Crippen LogP contribution in [0.2, 0.25) is 0 Å². The lowest BCUT2D eigenvalue weighted by molar-refractivity contribution is -0.123. The van der Waals surface area contributed by atoms with E-state index in [0.717, 1.165) is 12.8 Å². The van der Waals surface area contributed by atoms with Crippen LogP contribution in [0.5, 0.6) is 0 Å². The van der Waals surface area contributed by atoms with Crippen molar-refractivity contribution in [1.82, 2.24) is 5.32 Å². The molecule has 0 saturated heterocycles. The lowest BCUT2D eigenvalue weighted by atomic mass is 10.0. The number of hydrogen-bond acceptors (Lipinski definition) is 2. The van der Waals surface area contributed by atoms with Crippen molar-refractivity contribution in [3.8, 4) is 0 Å². The molecule has 3 heteroatoms. The highest BCUT2D eigenvalue weighted by atomic mass is 16.2.